The number of hydrogen-bond donors (Lipinski definition) is 30. The molecule has 0 rings (SSSR count). The maximum atomic E-state index is 13.1. The van der Waals surface area contributed by atoms with Gasteiger partial charge in [0, 0.05) is 26.2 Å². The van der Waals surface area contributed by atoms with Gasteiger partial charge in [-0.25, -0.2) is 9.80 Å². The van der Waals surface area contributed by atoms with Gasteiger partial charge in [-0.2, -0.15) is 0 Å². The molecule has 63 heteroatoms. The van der Waals surface area contributed by atoms with Gasteiger partial charge in [0.05, 0.1) is 0 Å². The molecule has 0 amide bonds. The van der Waals surface area contributed by atoms with Gasteiger partial charge in [0.15, 0.2) is 0 Å². The molecule has 0 unspecified atom stereocenters. The van der Waals surface area contributed by atoms with E-state index in [1.165, 1.54) is 0 Å². The van der Waals surface area contributed by atoms with Crippen LogP contribution < -0.4 is 0 Å². The van der Waals surface area contributed by atoms with Crippen LogP contribution in [0.25, 0.3) is 0 Å². The van der Waals surface area contributed by atoms with E-state index in [9.17, 15) is 215 Å². The molecule has 0 radical (unpaired) electrons. The van der Waals surface area contributed by atoms with Gasteiger partial charge in [0.2, 0.25) is 0 Å². The molecule has 434 valence electrons. The first kappa shape index (κ1) is 74.1. The number of rotatable bonds is 26. The largest absolute Gasteiger partial charge is 0.370 e. The molecule has 48 nitrogen and oxygen atoms in total. The van der Waals surface area contributed by atoms with Crippen molar-refractivity contribution >= 4 is 114 Å². The minimum absolute atomic E-state index is 2.16. The Balaban J connectivity index is 10.8. The molecule has 0 saturated heterocycles. The van der Waals surface area contributed by atoms with Crippen LogP contribution in [0.3, 0.4) is 0 Å². The second-order valence-electron chi connectivity index (χ2n) is 13.5. The van der Waals surface area contributed by atoms with Crippen LogP contribution >= 0.6 is 114 Å². The van der Waals surface area contributed by atoms with E-state index < -0.39 is 179 Å². The Morgan fingerprint density at radius 1 is 0.181 bits per heavy atom. The fourth-order valence-electron chi connectivity index (χ4n) is 6.84. The molecular weight excluding hydrogens is 1330 g/mol. The van der Waals surface area contributed by atoms with Crippen LogP contribution in [0.1, 0.15) is 0 Å². The van der Waals surface area contributed by atoms with E-state index in [4.69, 9.17) is 0 Å². The van der Waals surface area contributed by atoms with Crippen molar-refractivity contribution in [3.8, 4) is 0 Å². The summed E-state index contributed by atoms with van der Waals surface area (Å²) >= 11 is 0. The van der Waals surface area contributed by atoms with E-state index in [-0.39, 0.29) is 0 Å². The standard InChI is InChI=1S/C9H38N3O45P15/c13-58(14,15)5(59(16,17)18,60(19,20)21)10(1-3-11(6(61(22,23)24,62(25,26)27)63(28,29)30)7(64(31,32)33,65(34,35)36)66(37,38)39)2-4-12(8(67(40,41)42,68(43,44)45)69(46,47)48)9(70(49,50)51,71(52,53)54)72(55,56)57/h1-4H2,(H2,13,14,15)(H2,16,17,18)(H2,19,20,21)(H2,22,23,24)(H2,25,26,27)(H2,28,29,30)(H2,31,32,33)(H2,34,35,36)(H2,37,38,39)(H2,40,41,42)(H2,43,44,45)(H2,46,47,48)(H2,49,50,51)(H2,52,53,54)(H2,55,56,57). The van der Waals surface area contributed by atoms with Crippen LogP contribution in [-0.4, -0.2) is 211 Å². The molecule has 0 bridgehead atoms. The lowest BCUT2D eigenvalue weighted by molar-refractivity contribution is 0.0867. The predicted molar refractivity (Wildman–Crippen MR) is 219 cm³/mol. The number of nitrogens with zero attached hydrogens (tertiary/aromatic N) is 3. The van der Waals surface area contributed by atoms with Gasteiger partial charge < -0.3 is 147 Å². The highest BCUT2D eigenvalue weighted by Gasteiger charge is 2.89. The molecule has 0 aromatic heterocycles. The Bertz CT molecular complexity index is 2270. The van der Waals surface area contributed by atoms with E-state index in [0.29, 0.717) is 0 Å². The molecule has 0 aromatic rings. The Labute approximate surface area is 393 Å². The third-order valence-electron chi connectivity index (χ3n) is 8.92. The molecule has 72 heavy (non-hydrogen) atoms. The average Bonchev–Trinajstić information content (AvgIpc) is 2.91. The Kier molecular flexibility index (Phi) is 21.5. The van der Waals surface area contributed by atoms with Gasteiger partial charge in [-0.15, -0.1) is 0 Å². The van der Waals surface area contributed by atoms with Crippen molar-refractivity contribution in [2.75, 3.05) is 26.2 Å². The van der Waals surface area contributed by atoms with Crippen LogP contribution in [0.5, 0.6) is 0 Å². The molecule has 0 heterocycles. The van der Waals surface area contributed by atoms with Crippen LogP contribution in [0.4, 0.5) is 0 Å². The van der Waals surface area contributed by atoms with Crippen LogP contribution in [0.15, 0.2) is 0 Å². The molecule has 0 aromatic carbocycles. The van der Waals surface area contributed by atoms with Gasteiger partial charge in [-0.05, 0) is 0 Å². The summed E-state index contributed by atoms with van der Waals surface area (Å²) in [6.07, 6.45) is 0. The third kappa shape index (κ3) is 11.6. The second-order valence-corrected chi connectivity index (χ2v) is 44.8. The average molecular weight is 1370 g/mol. The zero-order valence-corrected chi connectivity index (χ0v) is 46.3. The summed E-state index contributed by atoms with van der Waals surface area (Å²) in [5.74, 6) is 0. The Hall–Kier alpha value is 2.13. The number of hydrogen-bond acceptors (Lipinski definition) is 18. The van der Waals surface area contributed by atoms with E-state index in [0.717, 1.165) is 0 Å². The normalized spacial score (nSPS) is 16.8. The third-order valence-corrected chi connectivity index (χ3v) is 47.8. The van der Waals surface area contributed by atoms with E-state index in [1.54, 1.807) is 0 Å². The SMILES string of the molecule is O=P(O)(O)C(N(CCN(C(P(=O)(O)O)(P(=O)(O)O)P(=O)(O)O)C(P(=O)(O)O)(P(=O)(O)O)P(=O)(O)O)CCN(C(P(=O)(O)O)(P(=O)(O)O)P(=O)(O)O)C(P(=O)(O)O)(P(=O)(O)O)P(=O)(O)O)(P(=O)(O)O)P(=O)(O)O. The van der Waals surface area contributed by atoms with E-state index >= 15 is 0 Å². The maximum Gasteiger partial charge on any atom is 0.370 e. The summed E-state index contributed by atoms with van der Waals surface area (Å²) in [4.78, 5) is 297. The summed E-state index contributed by atoms with van der Waals surface area (Å²) < 4.78 is 161. The van der Waals surface area contributed by atoms with Crippen molar-refractivity contribution in [3.63, 3.8) is 0 Å². The highest BCUT2D eigenvalue weighted by atomic mass is 31.3. The highest BCUT2D eigenvalue weighted by molar-refractivity contribution is 7.92. The molecule has 0 spiro atoms. The highest BCUT2D eigenvalue weighted by Crippen LogP contribution is 2.94. The van der Waals surface area contributed by atoms with E-state index in [1.807, 2.05) is 0 Å². The summed E-state index contributed by atoms with van der Waals surface area (Å²) in [7, 11) is -127. The summed E-state index contributed by atoms with van der Waals surface area (Å²) in [6.45, 7) is -15.5. The fourth-order valence-corrected chi connectivity index (χ4v) is 37.1. The molecule has 0 aliphatic carbocycles. The zero-order valence-electron chi connectivity index (χ0n) is 32.9. The summed E-state index contributed by atoms with van der Waals surface area (Å²) in [6, 6.07) is 0. The lowest BCUT2D eigenvalue weighted by Crippen LogP contribution is -2.63. The van der Waals surface area contributed by atoms with Crippen molar-refractivity contribution in [3.05, 3.63) is 0 Å². The van der Waals surface area contributed by atoms with Crippen LogP contribution in [0.2, 0.25) is 0 Å². The predicted octanol–water partition coefficient (Wildman–Crippen LogP) is -7.39. The fraction of sp³-hybridized carbons (Fsp3) is 1.00. The van der Waals surface area contributed by atoms with Gasteiger partial charge in [0.1, 0.15) is 0 Å². The van der Waals surface area contributed by atoms with Crippen molar-refractivity contribution in [1.82, 2.24) is 14.7 Å². The molecule has 30 N–H and O–H groups in total. The molecule has 0 atom stereocenters. The zero-order chi connectivity index (χ0) is 59.6. The summed E-state index contributed by atoms with van der Waals surface area (Å²) in [5.41, 5.74) is 0. The van der Waals surface area contributed by atoms with Crippen molar-refractivity contribution in [2.24, 2.45) is 0 Å². The van der Waals surface area contributed by atoms with Crippen molar-refractivity contribution in [1.29, 1.82) is 0 Å². The topological polar surface area (TPSA) is 873 Å². The van der Waals surface area contributed by atoms with Crippen molar-refractivity contribution in [2.45, 2.75) is 23.8 Å². The molecule has 0 aliphatic heterocycles. The van der Waals surface area contributed by atoms with Crippen LogP contribution in [-0.2, 0) is 68.5 Å². The second kappa shape index (κ2) is 20.8. The minimum atomic E-state index is -8.53. The first-order valence-corrected chi connectivity index (χ1v) is 39.7. The Morgan fingerprint density at radius 2 is 0.278 bits per heavy atom. The lowest BCUT2D eigenvalue weighted by atomic mass is 10.4. The molecule has 0 saturated carbocycles. The molecule has 0 fully saturated rings. The first-order chi connectivity index (χ1) is 30.3. The van der Waals surface area contributed by atoms with Crippen molar-refractivity contribution < 1.29 is 215 Å². The Morgan fingerprint density at radius 3 is 0.361 bits per heavy atom. The van der Waals surface area contributed by atoms with Gasteiger partial charge in [-0.3, -0.25) is 73.4 Å². The minimum Gasteiger partial charge on any atom is -0.322 e. The van der Waals surface area contributed by atoms with Gasteiger partial charge in [-0.1, -0.05) is 0 Å². The smallest absolute Gasteiger partial charge is 0.322 e. The van der Waals surface area contributed by atoms with Gasteiger partial charge >= 0.3 is 138 Å². The van der Waals surface area contributed by atoms with E-state index in [2.05, 4.69) is 0 Å². The maximum absolute atomic E-state index is 13.1. The lowest BCUT2D eigenvalue weighted by Gasteiger charge is -2.53. The molecule has 0 aliphatic rings. The molecular formula is C9H38N3O45P15. The monoisotopic (exact) mass is 1370 g/mol. The van der Waals surface area contributed by atoms with Gasteiger partial charge in [0.25, 0.3) is 0 Å². The first-order valence-electron chi connectivity index (χ1n) is 15.5. The summed E-state index contributed by atoms with van der Waals surface area (Å²) in [5, 5.41) is 0. The van der Waals surface area contributed by atoms with Crippen LogP contribution in [0, 0.1) is 0 Å². The quantitative estimate of drug-likeness (QED) is 0.0358.